The molecule has 1 unspecified atom stereocenters. The first kappa shape index (κ1) is 21.5. The zero-order chi connectivity index (χ0) is 17.9. The van der Waals surface area contributed by atoms with Gasteiger partial charge in [-0.1, -0.05) is 30.3 Å². The van der Waals surface area contributed by atoms with Crippen LogP contribution >= 0.6 is 0 Å². The van der Waals surface area contributed by atoms with Gasteiger partial charge in [0, 0.05) is 9.79 Å². The van der Waals surface area contributed by atoms with Gasteiger partial charge in [-0.25, -0.2) is 4.21 Å². The number of halogens is 1. The maximum atomic E-state index is 12.6. The number of benzene rings is 2. The largest absolute Gasteiger partial charge is 1.00 e. The fraction of sp³-hybridized carbons (Fsp3) is 0.400. The summed E-state index contributed by atoms with van der Waals surface area (Å²) < 4.78 is 25.4. The molecular weight excluding hydrogens is 461 g/mol. The van der Waals surface area contributed by atoms with Gasteiger partial charge in [-0.3, -0.25) is 0 Å². The van der Waals surface area contributed by atoms with Gasteiger partial charge in [-0.15, -0.1) is 0 Å². The standard InChI is InChI=1S/C20H26NO3S.HI/c1-21(2,3)13-17-14-23-15-20(24-17)16-9-11-19(12-10-16)25(22)18-7-5-4-6-8-18;/h4-12,17,20H,13-15H2,1-3H3;1H/q+1;/p-1/t17-,20-,25?;/m1./s1. The van der Waals surface area contributed by atoms with Crippen LogP contribution in [-0.2, 0) is 20.3 Å². The number of likely N-dealkylation sites (N-methyl/N-ethyl adjacent to an activating group) is 1. The van der Waals surface area contributed by atoms with Gasteiger partial charge in [0.25, 0.3) is 0 Å². The molecule has 0 N–H and O–H groups in total. The van der Waals surface area contributed by atoms with Gasteiger partial charge in [0.05, 0.1) is 45.2 Å². The van der Waals surface area contributed by atoms with Gasteiger partial charge in [0.1, 0.15) is 18.8 Å². The smallest absolute Gasteiger partial charge is 0.130 e. The summed E-state index contributed by atoms with van der Waals surface area (Å²) in [4.78, 5) is 1.62. The van der Waals surface area contributed by atoms with E-state index < -0.39 is 10.8 Å². The Bertz CT molecular complexity index is 716. The summed E-state index contributed by atoms with van der Waals surface area (Å²) in [5.74, 6) is 0. The van der Waals surface area contributed by atoms with Crippen molar-refractivity contribution in [1.29, 1.82) is 0 Å². The Morgan fingerprint density at radius 1 is 0.962 bits per heavy atom. The van der Waals surface area contributed by atoms with Gasteiger partial charge >= 0.3 is 0 Å². The highest BCUT2D eigenvalue weighted by Crippen LogP contribution is 2.26. The minimum absolute atomic E-state index is 0. The van der Waals surface area contributed by atoms with E-state index in [1.165, 1.54) is 0 Å². The number of rotatable bonds is 5. The molecule has 1 aliphatic heterocycles. The maximum Gasteiger partial charge on any atom is 0.130 e. The number of quaternary nitrogens is 1. The molecule has 4 nitrogen and oxygen atoms in total. The topological polar surface area (TPSA) is 35.5 Å². The van der Waals surface area contributed by atoms with E-state index >= 15 is 0 Å². The summed E-state index contributed by atoms with van der Waals surface area (Å²) in [6.45, 7) is 2.11. The Kier molecular flexibility index (Phi) is 7.78. The lowest BCUT2D eigenvalue weighted by Crippen LogP contribution is -3.00. The summed E-state index contributed by atoms with van der Waals surface area (Å²) in [6.07, 6.45) is 0.0291. The summed E-state index contributed by atoms with van der Waals surface area (Å²) in [7, 11) is 5.31. The van der Waals surface area contributed by atoms with Gasteiger partial charge in [0.2, 0.25) is 0 Å². The molecule has 0 spiro atoms. The Balaban J connectivity index is 0.00000243. The van der Waals surface area contributed by atoms with Crippen molar-refractivity contribution in [3.63, 3.8) is 0 Å². The number of ether oxygens (including phenoxy) is 2. The monoisotopic (exact) mass is 487 g/mol. The summed E-state index contributed by atoms with van der Waals surface area (Å²) >= 11 is 0. The predicted octanol–water partition coefficient (Wildman–Crippen LogP) is 0.0200. The second kappa shape index (κ2) is 9.41. The van der Waals surface area contributed by atoms with Crippen LogP contribution in [0.2, 0.25) is 0 Å². The zero-order valence-corrected chi connectivity index (χ0v) is 18.4. The first-order valence-electron chi connectivity index (χ1n) is 8.53. The molecule has 1 saturated heterocycles. The van der Waals surface area contributed by atoms with Crippen molar-refractivity contribution in [2.75, 3.05) is 40.9 Å². The SMILES string of the molecule is C[N+](C)(C)C[C@@H]1COC[C@H](c2ccc(S(=O)c3ccccc3)cc2)O1.[I-]. The average Bonchev–Trinajstić information content (AvgIpc) is 2.61. The molecule has 1 fully saturated rings. The van der Waals surface area contributed by atoms with Crippen molar-refractivity contribution < 1.29 is 42.1 Å². The first-order valence-corrected chi connectivity index (χ1v) is 9.68. The molecule has 1 heterocycles. The lowest BCUT2D eigenvalue weighted by molar-refractivity contribution is -0.874. The second-order valence-corrected chi connectivity index (χ2v) is 8.89. The highest BCUT2D eigenvalue weighted by atomic mass is 127. The average molecular weight is 487 g/mol. The van der Waals surface area contributed by atoms with Gasteiger partial charge in [-0.2, -0.15) is 0 Å². The zero-order valence-electron chi connectivity index (χ0n) is 15.4. The molecule has 0 bridgehead atoms. The van der Waals surface area contributed by atoms with Crippen LogP contribution in [0.25, 0.3) is 0 Å². The van der Waals surface area contributed by atoms with E-state index in [1.807, 2.05) is 54.6 Å². The molecular formula is C20H26INO3S. The Labute approximate surface area is 175 Å². The minimum atomic E-state index is -1.15. The van der Waals surface area contributed by atoms with Crippen LogP contribution in [0.1, 0.15) is 11.7 Å². The maximum absolute atomic E-state index is 12.6. The van der Waals surface area contributed by atoms with Crippen molar-refractivity contribution in [3.05, 3.63) is 60.2 Å². The van der Waals surface area contributed by atoms with E-state index in [0.29, 0.717) is 13.2 Å². The molecule has 2 aromatic rings. The molecule has 2 aromatic carbocycles. The molecule has 142 valence electrons. The van der Waals surface area contributed by atoms with Crippen LogP contribution in [0.5, 0.6) is 0 Å². The van der Waals surface area contributed by atoms with Crippen LogP contribution in [-0.4, -0.2) is 55.7 Å². The van der Waals surface area contributed by atoms with Gasteiger partial charge < -0.3 is 37.9 Å². The van der Waals surface area contributed by atoms with E-state index in [0.717, 1.165) is 26.4 Å². The van der Waals surface area contributed by atoms with Crippen LogP contribution in [0.4, 0.5) is 0 Å². The number of hydrogen-bond donors (Lipinski definition) is 0. The van der Waals surface area contributed by atoms with E-state index in [9.17, 15) is 4.21 Å². The first-order chi connectivity index (χ1) is 11.9. The summed E-state index contributed by atoms with van der Waals surface area (Å²) in [5.41, 5.74) is 1.07. The van der Waals surface area contributed by atoms with E-state index in [2.05, 4.69) is 21.1 Å². The van der Waals surface area contributed by atoms with Gasteiger partial charge in [0.15, 0.2) is 0 Å². The predicted molar refractivity (Wildman–Crippen MR) is 98.9 cm³/mol. The van der Waals surface area contributed by atoms with Crippen molar-refractivity contribution >= 4 is 10.8 Å². The highest BCUT2D eigenvalue weighted by Gasteiger charge is 2.28. The Morgan fingerprint density at radius 2 is 1.58 bits per heavy atom. The van der Waals surface area contributed by atoms with Crippen molar-refractivity contribution in [1.82, 2.24) is 0 Å². The normalized spacial score (nSPS) is 21.7. The molecule has 0 amide bonds. The van der Waals surface area contributed by atoms with Gasteiger partial charge in [-0.05, 0) is 29.8 Å². The summed E-state index contributed by atoms with van der Waals surface area (Å²) in [6, 6.07) is 17.4. The molecule has 0 aromatic heterocycles. The van der Waals surface area contributed by atoms with E-state index in [-0.39, 0.29) is 36.2 Å². The van der Waals surface area contributed by atoms with Crippen molar-refractivity contribution in [2.45, 2.75) is 22.0 Å². The minimum Gasteiger partial charge on any atom is -1.00 e. The molecule has 0 aliphatic carbocycles. The van der Waals surface area contributed by atoms with Crippen LogP contribution < -0.4 is 24.0 Å². The van der Waals surface area contributed by atoms with Crippen LogP contribution in [0.15, 0.2) is 64.4 Å². The van der Waals surface area contributed by atoms with Crippen LogP contribution in [0.3, 0.4) is 0 Å². The number of hydrogen-bond acceptors (Lipinski definition) is 3. The summed E-state index contributed by atoms with van der Waals surface area (Å²) in [5, 5.41) is 0. The Morgan fingerprint density at radius 3 is 2.19 bits per heavy atom. The Hall–Kier alpha value is -0.800. The van der Waals surface area contributed by atoms with Crippen molar-refractivity contribution in [2.24, 2.45) is 0 Å². The fourth-order valence-electron chi connectivity index (χ4n) is 2.99. The van der Waals surface area contributed by atoms with E-state index in [4.69, 9.17) is 9.47 Å². The van der Waals surface area contributed by atoms with Crippen LogP contribution in [0, 0.1) is 0 Å². The molecule has 3 atom stereocenters. The second-order valence-electron chi connectivity index (χ2n) is 7.41. The molecule has 0 saturated carbocycles. The molecule has 26 heavy (non-hydrogen) atoms. The highest BCUT2D eigenvalue weighted by molar-refractivity contribution is 7.85. The molecule has 1 aliphatic rings. The quantitative estimate of drug-likeness (QED) is 0.441. The third-order valence-electron chi connectivity index (χ3n) is 4.10. The lowest BCUT2D eigenvalue weighted by atomic mass is 10.1. The number of nitrogens with zero attached hydrogens (tertiary/aromatic N) is 1. The molecule has 0 radical (unpaired) electrons. The fourth-order valence-corrected chi connectivity index (χ4v) is 4.04. The molecule has 6 heteroatoms. The van der Waals surface area contributed by atoms with E-state index in [1.54, 1.807) is 0 Å². The lowest BCUT2D eigenvalue weighted by Gasteiger charge is -2.34. The third kappa shape index (κ3) is 5.85. The van der Waals surface area contributed by atoms with Crippen molar-refractivity contribution in [3.8, 4) is 0 Å². The molecule has 3 rings (SSSR count). The third-order valence-corrected chi connectivity index (χ3v) is 5.50.